The van der Waals surface area contributed by atoms with Crippen molar-refractivity contribution in [2.24, 2.45) is 0 Å². The highest BCUT2D eigenvalue weighted by Crippen LogP contribution is 2.28. The Bertz CT molecular complexity index is 975. The summed E-state index contributed by atoms with van der Waals surface area (Å²) in [6.45, 7) is 1.39. The van der Waals surface area contributed by atoms with E-state index >= 15 is 0 Å². The van der Waals surface area contributed by atoms with E-state index < -0.39 is 0 Å². The number of halogens is 1. The normalized spacial score (nSPS) is 16.0. The number of hydrogen-bond acceptors (Lipinski definition) is 4. The predicted octanol–water partition coefficient (Wildman–Crippen LogP) is 2.30. The molecule has 6 nitrogen and oxygen atoms in total. The second kappa shape index (κ2) is 6.00. The molecule has 4 rings (SSSR count). The smallest absolute Gasteiger partial charge is 0.285 e. The van der Waals surface area contributed by atoms with Crippen LogP contribution in [-0.4, -0.2) is 26.5 Å². The van der Waals surface area contributed by atoms with Gasteiger partial charge in [-0.3, -0.25) is 4.79 Å². The Morgan fingerprint density at radius 1 is 1.29 bits per heavy atom. The number of rotatable bonds is 2. The molecule has 2 aliphatic rings. The first kappa shape index (κ1) is 14.8. The largest absolute Gasteiger partial charge is 0.364 e. The number of nitrogens with zero attached hydrogens (tertiary/aromatic N) is 4. The Morgan fingerprint density at radius 2 is 2.21 bits per heavy atom. The van der Waals surface area contributed by atoms with Crippen molar-refractivity contribution < 1.29 is 0 Å². The zero-order valence-corrected chi connectivity index (χ0v) is 13.5. The van der Waals surface area contributed by atoms with Crippen molar-refractivity contribution in [2.75, 3.05) is 11.4 Å². The number of H-pyrrole nitrogens is 1. The fourth-order valence-corrected chi connectivity index (χ4v) is 3.15. The lowest BCUT2D eigenvalue weighted by molar-refractivity contribution is 0.695. The first-order valence-corrected chi connectivity index (χ1v) is 7.95. The third-order valence-electron chi connectivity index (χ3n) is 4.11. The number of allylic oxidation sites excluding steroid dienone is 5. The molecule has 1 N–H and O–H groups in total. The Balaban J connectivity index is 1.66. The van der Waals surface area contributed by atoms with Crippen LogP contribution in [0.2, 0.25) is 5.02 Å². The van der Waals surface area contributed by atoms with Gasteiger partial charge in [-0.1, -0.05) is 17.7 Å². The van der Waals surface area contributed by atoms with Crippen molar-refractivity contribution in [1.82, 2.24) is 20.0 Å². The molecular weight excluding hydrogens is 326 g/mol. The highest BCUT2D eigenvalue weighted by molar-refractivity contribution is 6.33. The van der Waals surface area contributed by atoms with Gasteiger partial charge in [0.05, 0.1) is 29.5 Å². The lowest BCUT2D eigenvalue weighted by Gasteiger charge is -2.29. The minimum atomic E-state index is -0.372. The molecule has 7 heteroatoms. The zero-order valence-electron chi connectivity index (χ0n) is 12.7. The van der Waals surface area contributed by atoms with Gasteiger partial charge in [0.15, 0.2) is 0 Å². The molecule has 3 heterocycles. The summed E-state index contributed by atoms with van der Waals surface area (Å²) in [7, 11) is 0. The maximum Gasteiger partial charge on any atom is 0.285 e. The van der Waals surface area contributed by atoms with E-state index in [1.807, 2.05) is 41.3 Å². The van der Waals surface area contributed by atoms with Crippen LogP contribution >= 0.6 is 11.6 Å². The maximum absolute atomic E-state index is 11.7. The minimum Gasteiger partial charge on any atom is -0.364 e. The summed E-state index contributed by atoms with van der Waals surface area (Å²) >= 11 is 6.12. The maximum atomic E-state index is 11.7. The van der Waals surface area contributed by atoms with E-state index in [-0.39, 0.29) is 10.6 Å². The van der Waals surface area contributed by atoms with Crippen LogP contribution < -0.4 is 10.5 Å². The highest BCUT2D eigenvalue weighted by Gasteiger charge is 2.23. The molecule has 0 spiro atoms. The van der Waals surface area contributed by atoms with Crippen molar-refractivity contribution in [3.63, 3.8) is 0 Å². The van der Waals surface area contributed by atoms with Crippen LogP contribution in [0.4, 0.5) is 5.69 Å². The predicted molar refractivity (Wildman–Crippen MR) is 92.9 cm³/mol. The second-order valence-corrected chi connectivity index (χ2v) is 5.93. The third kappa shape index (κ3) is 2.52. The number of hydrogen-bond donors (Lipinski definition) is 1. The van der Waals surface area contributed by atoms with Crippen LogP contribution in [0.3, 0.4) is 0 Å². The Labute approximate surface area is 143 Å². The van der Waals surface area contributed by atoms with E-state index in [2.05, 4.69) is 25.9 Å². The number of aromatic nitrogens is 4. The molecule has 0 atom stereocenters. The van der Waals surface area contributed by atoms with Crippen molar-refractivity contribution >= 4 is 23.0 Å². The molecule has 0 saturated heterocycles. The molecule has 0 unspecified atom stereocenters. The Hall–Kier alpha value is -2.82. The first-order valence-electron chi connectivity index (χ1n) is 7.58. The fourth-order valence-electron chi connectivity index (χ4n) is 2.94. The van der Waals surface area contributed by atoms with Gasteiger partial charge >= 0.3 is 0 Å². The molecular formula is C17H14ClN5O. The average Bonchev–Trinajstić information content (AvgIpc) is 2.83. The Morgan fingerprint density at radius 3 is 3.12 bits per heavy atom. The van der Waals surface area contributed by atoms with Gasteiger partial charge in [0, 0.05) is 25.1 Å². The summed E-state index contributed by atoms with van der Waals surface area (Å²) < 4.78 is 1.96. The molecule has 0 radical (unpaired) electrons. The fraction of sp³-hybridized carbons (Fsp3) is 0.176. The minimum absolute atomic E-state index is 0.173. The van der Waals surface area contributed by atoms with E-state index in [1.54, 1.807) is 6.20 Å². The molecule has 120 valence electrons. The molecule has 0 aromatic carbocycles. The molecule has 2 aromatic heterocycles. The van der Waals surface area contributed by atoms with Crippen molar-refractivity contribution in [1.29, 1.82) is 0 Å². The average molecular weight is 340 g/mol. The second-order valence-electron chi connectivity index (χ2n) is 5.55. The van der Waals surface area contributed by atoms with E-state index in [1.165, 1.54) is 5.69 Å². The topological polar surface area (TPSA) is 66.8 Å². The summed E-state index contributed by atoms with van der Waals surface area (Å²) in [4.78, 5) is 13.7. The molecule has 0 amide bonds. The van der Waals surface area contributed by atoms with Crippen molar-refractivity contribution in [2.45, 2.75) is 13.0 Å². The summed E-state index contributed by atoms with van der Waals surface area (Å²) in [5.74, 6) is 0. The Kier molecular flexibility index (Phi) is 3.69. The third-order valence-corrected chi connectivity index (χ3v) is 4.47. The van der Waals surface area contributed by atoms with Gasteiger partial charge in [-0.05, 0) is 24.3 Å². The standard InChI is InChI=1S/C17H14ClN5O/c18-16-15(10-19-21-17(16)24)22-8-7-14-12(11-22)9-20-23(14)13-5-3-1-2-4-6-13/h1,3-6,9-10H,7-8,11H2,(H,21,24). The first-order chi connectivity index (χ1) is 11.7. The van der Waals surface area contributed by atoms with E-state index in [0.717, 1.165) is 24.2 Å². The molecule has 1 aliphatic carbocycles. The highest BCUT2D eigenvalue weighted by atomic mass is 35.5. The van der Waals surface area contributed by atoms with Crippen LogP contribution in [0.15, 0.2) is 53.3 Å². The number of fused-ring (bicyclic) bond motifs is 1. The monoisotopic (exact) mass is 339 g/mol. The molecule has 2 aromatic rings. The molecule has 0 fully saturated rings. The van der Waals surface area contributed by atoms with Crippen molar-refractivity contribution in [3.05, 3.63) is 75.1 Å². The number of aromatic amines is 1. The summed E-state index contributed by atoms with van der Waals surface area (Å²) in [6, 6.07) is 0. The van der Waals surface area contributed by atoms with Gasteiger partial charge in [0.1, 0.15) is 5.02 Å². The van der Waals surface area contributed by atoms with Crippen LogP contribution in [0.25, 0.3) is 5.70 Å². The summed E-state index contributed by atoms with van der Waals surface area (Å²) in [5.41, 5.74) is 6.62. The van der Waals surface area contributed by atoms with E-state index in [9.17, 15) is 4.79 Å². The van der Waals surface area contributed by atoms with Crippen LogP contribution in [-0.2, 0) is 13.0 Å². The van der Waals surface area contributed by atoms with Gasteiger partial charge in [-0.25, -0.2) is 9.78 Å². The van der Waals surface area contributed by atoms with Crippen LogP contribution in [0.5, 0.6) is 0 Å². The van der Waals surface area contributed by atoms with Gasteiger partial charge in [0.2, 0.25) is 0 Å². The molecule has 24 heavy (non-hydrogen) atoms. The molecule has 0 bridgehead atoms. The van der Waals surface area contributed by atoms with E-state index in [0.29, 0.717) is 12.2 Å². The molecule has 1 aliphatic heterocycles. The quantitative estimate of drug-likeness (QED) is 0.853. The van der Waals surface area contributed by atoms with Crippen molar-refractivity contribution in [3.8, 4) is 0 Å². The summed E-state index contributed by atoms with van der Waals surface area (Å²) in [6.07, 6.45) is 13.9. The van der Waals surface area contributed by atoms with Gasteiger partial charge in [-0.2, -0.15) is 10.2 Å². The molecule has 0 saturated carbocycles. The lowest BCUT2D eigenvalue weighted by atomic mass is 10.1. The van der Waals surface area contributed by atoms with Gasteiger partial charge in [-0.15, -0.1) is 5.73 Å². The van der Waals surface area contributed by atoms with E-state index in [4.69, 9.17) is 11.6 Å². The number of nitrogens with one attached hydrogen (secondary N) is 1. The zero-order chi connectivity index (χ0) is 16.5. The van der Waals surface area contributed by atoms with Crippen LogP contribution in [0, 0.1) is 0 Å². The van der Waals surface area contributed by atoms with Crippen LogP contribution in [0.1, 0.15) is 11.3 Å². The summed E-state index contributed by atoms with van der Waals surface area (Å²) in [5, 5.41) is 10.9. The van der Waals surface area contributed by atoms with Gasteiger partial charge in [0.25, 0.3) is 5.56 Å². The van der Waals surface area contributed by atoms with Gasteiger partial charge < -0.3 is 4.90 Å². The SMILES string of the molecule is O=c1[nH]ncc(N2CCc3c(cnn3C3=CC=C=CC=C3)C2)c1Cl. The lowest BCUT2D eigenvalue weighted by Crippen LogP contribution is -2.32. The number of anilines is 1.